The van der Waals surface area contributed by atoms with Gasteiger partial charge in [0.05, 0.1) is 25.4 Å². The quantitative estimate of drug-likeness (QED) is 0.140. The third-order valence-corrected chi connectivity index (χ3v) is 7.25. The molecule has 0 spiro atoms. The number of aromatic hydroxyl groups is 3. The molecule has 222 valence electrons. The van der Waals surface area contributed by atoms with Crippen molar-refractivity contribution in [2.45, 2.75) is 48.5 Å². The molecule has 10 N–H and O–H groups in total. The Labute approximate surface area is 229 Å². The normalized spacial score (nSPS) is 31.9. The molecule has 15 nitrogen and oxygen atoms in total. The summed E-state index contributed by atoms with van der Waals surface area (Å²) in [6.45, 7) is -2.24. The SMILES string of the molecule is O=c1cc(-c2ccc(O)c(O)c2)oc2cc(OC3OCC(O)(CO)C3O)c(C3OC(CO)C(O)C(O)C3O)c(O)c12. The van der Waals surface area contributed by atoms with Crippen molar-refractivity contribution in [1.82, 2.24) is 0 Å². The smallest absolute Gasteiger partial charge is 0.229 e. The van der Waals surface area contributed by atoms with Crippen molar-refractivity contribution in [2.75, 3.05) is 19.8 Å². The van der Waals surface area contributed by atoms with Crippen LogP contribution in [0.4, 0.5) is 0 Å². The summed E-state index contributed by atoms with van der Waals surface area (Å²) in [4.78, 5) is 13.2. The van der Waals surface area contributed by atoms with Gasteiger partial charge in [-0.1, -0.05) is 0 Å². The third-order valence-electron chi connectivity index (χ3n) is 7.25. The molecule has 41 heavy (non-hydrogen) atoms. The third kappa shape index (κ3) is 4.86. The van der Waals surface area contributed by atoms with Crippen molar-refractivity contribution in [2.24, 2.45) is 0 Å². The fraction of sp³-hybridized carbons (Fsp3) is 0.423. The molecule has 2 aliphatic heterocycles. The van der Waals surface area contributed by atoms with Crippen LogP contribution >= 0.6 is 0 Å². The first-order valence-corrected chi connectivity index (χ1v) is 12.4. The number of phenolic OH excluding ortho intramolecular Hbond substituents is 3. The highest BCUT2D eigenvalue weighted by Crippen LogP contribution is 2.46. The Kier molecular flexibility index (Phi) is 7.58. The molecule has 0 radical (unpaired) electrons. The van der Waals surface area contributed by atoms with Gasteiger partial charge in [-0.25, -0.2) is 0 Å². The van der Waals surface area contributed by atoms with E-state index in [4.69, 9.17) is 18.6 Å². The average Bonchev–Trinajstić information content (AvgIpc) is 3.23. The number of hydrogen-bond acceptors (Lipinski definition) is 15. The van der Waals surface area contributed by atoms with Gasteiger partial charge in [-0.3, -0.25) is 4.79 Å². The minimum atomic E-state index is -2.10. The Balaban J connectivity index is 1.69. The standard InChI is InChI=1S/C26H28O15/c27-6-16-19(32)21(34)22(35)23(40-16)18-15(41-25-24(36)26(37,7-28)8-38-25)5-14-17(20(18)33)12(31)4-13(39-14)9-1-2-10(29)11(30)3-9/h1-5,16,19,21-25,27-30,32-37H,6-8H2. The van der Waals surface area contributed by atoms with Gasteiger partial charge in [0.25, 0.3) is 0 Å². The van der Waals surface area contributed by atoms with Gasteiger partial charge in [0.15, 0.2) is 16.9 Å². The van der Waals surface area contributed by atoms with Crippen molar-refractivity contribution >= 4 is 11.0 Å². The molecule has 1 aromatic heterocycles. The summed E-state index contributed by atoms with van der Waals surface area (Å²) in [5.41, 5.74) is -3.50. The van der Waals surface area contributed by atoms with Crippen LogP contribution in [0.25, 0.3) is 22.3 Å². The maximum Gasteiger partial charge on any atom is 0.229 e. The van der Waals surface area contributed by atoms with Gasteiger partial charge in [-0.15, -0.1) is 0 Å². The highest BCUT2D eigenvalue weighted by atomic mass is 16.7. The van der Waals surface area contributed by atoms with Crippen LogP contribution < -0.4 is 10.2 Å². The lowest BCUT2D eigenvalue weighted by Crippen LogP contribution is -2.55. The molecule has 2 aromatic carbocycles. The Hall–Kier alpha value is -3.51. The number of ether oxygens (including phenoxy) is 3. The topological polar surface area (TPSA) is 260 Å². The lowest BCUT2D eigenvalue weighted by Gasteiger charge is -2.40. The number of hydrogen-bond donors (Lipinski definition) is 10. The maximum absolute atomic E-state index is 13.2. The Bertz CT molecular complexity index is 1500. The Morgan fingerprint density at radius 2 is 1.68 bits per heavy atom. The molecule has 5 rings (SSSR count). The molecule has 2 fully saturated rings. The zero-order valence-electron chi connectivity index (χ0n) is 21.1. The van der Waals surface area contributed by atoms with Gasteiger partial charge in [0, 0.05) is 17.7 Å². The van der Waals surface area contributed by atoms with Crippen molar-refractivity contribution < 1.29 is 69.7 Å². The monoisotopic (exact) mass is 580 g/mol. The van der Waals surface area contributed by atoms with Crippen LogP contribution in [-0.2, 0) is 9.47 Å². The number of aliphatic hydroxyl groups excluding tert-OH is 6. The number of phenols is 3. The molecule has 8 unspecified atom stereocenters. The fourth-order valence-corrected chi connectivity index (χ4v) is 4.85. The molecular weight excluding hydrogens is 552 g/mol. The van der Waals surface area contributed by atoms with Gasteiger partial charge in [-0.05, 0) is 18.2 Å². The van der Waals surface area contributed by atoms with Crippen LogP contribution in [0.5, 0.6) is 23.0 Å². The summed E-state index contributed by atoms with van der Waals surface area (Å²) in [5, 5.41) is 102. The number of fused-ring (bicyclic) bond motifs is 1. The minimum Gasteiger partial charge on any atom is -0.506 e. The molecule has 0 bridgehead atoms. The van der Waals surface area contributed by atoms with Crippen LogP contribution in [0.1, 0.15) is 11.7 Å². The fourth-order valence-electron chi connectivity index (χ4n) is 4.85. The predicted octanol–water partition coefficient (Wildman–Crippen LogP) is -2.09. The highest BCUT2D eigenvalue weighted by Gasteiger charge is 2.51. The van der Waals surface area contributed by atoms with E-state index >= 15 is 0 Å². The van der Waals surface area contributed by atoms with Crippen molar-refractivity contribution in [3.63, 3.8) is 0 Å². The van der Waals surface area contributed by atoms with E-state index in [0.717, 1.165) is 24.3 Å². The molecule has 2 saturated heterocycles. The molecule has 0 amide bonds. The molecule has 0 aliphatic carbocycles. The van der Waals surface area contributed by atoms with Crippen LogP contribution in [-0.4, -0.2) is 113 Å². The van der Waals surface area contributed by atoms with E-state index < -0.39 is 108 Å². The van der Waals surface area contributed by atoms with Gasteiger partial charge < -0.3 is 69.7 Å². The van der Waals surface area contributed by atoms with Crippen molar-refractivity contribution in [3.8, 4) is 34.3 Å². The first kappa shape index (κ1) is 29.0. The van der Waals surface area contributed by atoms with E-state index in [9.17, 15) is 55.9 Å². The molecule has 15 heteroatoms. The second kappa shape index (κ2) is 10.7. The lowest BCUT2D eigenvalue weighted by molar-refractivity contribution is -0.232. The van der Waals surface area contributed by atoms with E-state index in [0.29, 0.717) is 0 Å². The molecule has 3 aromatic rings. The van der Waals surface area contributed by atoms with Crippen LogP contribution in [0.3, 0.4) is 0 Å². The minimum absolute atomic E-state index is 0.101. The highest BCUT2D eigenvalue weighted by molar-refractivity contribution is 5.88. The van der Waals surface area contributed by atoms with Crippen molar-refractivity contribution in [1.29, 1.82) is 0 Å². The molecule has 0 saturated carbocycles. The zero-order chi connectivity index (χ0) is 29.8. The van der Waals surface area contributed by atoms with Gasteiger partial charge >= 0.3 is 0 Å². The Morgan fingerprint density at radius 3 is 2.32 bits per heavy atom. The summed E-state index contributed by atoms with van der Waals surface area (Å²) >= 11 is 0. The molecule has 3 heterocycles. The second-order valence-corrected chi connectivity index (χ2v) is 9.94. The van der Waals surface area contributed by atoms with Crippen LogP contribution in [0.15, 0.2) is 39.5 Å². The van der Waals surface area contributed by atoms with Gasteiger partial charge in [0.1, 0.15) is 70.5 Å². The van der Waals surface area contributed by atoms with Crippen LogP contribution in [0.2, 0.25) is 0 Å². The van der Waals surface area contributed by atoms with E-state index in [-0.39, 0.29) is 16.9 Å². The summed E-state index contributed by atoms with van der Waals surface area (Å²) in [7, 11) is 0. The van der Waals surface area contributed by atoms with Crippen molar-refractivity contribution in [3.05, 3.63) is 46.1 Å². The summed E-state index contributed by atoms with van der Waals surface area (Å²) in [6.07, 6.45) is -12.1. The zero-order valence-corrected chi connectivity index (χ0v) is 21.1. The number of benzene rings is 2. The van der Waals surface area contributed by atoms with E-state index in [1.807, 2.05) is 0 Å². The van der Waals surface area contributed by atoms with Gasteiger partial charge in [-0.2, -0.15) is 0 Å². The number of aliphatic hydroxyl groups is 7. The largest absolute Gasteiger partial charge is 0.506 e. The predicted molar refractivity (Wildman–Crippen MR) is 134 cm³/mol. The Morgan fingerprint density at radius 1 is 0.951 bits per heavy atom. The summed E-state index contributed by atoms with van der Waals surface area (Å²) < 4.78 is 22.4. The summed E-state index contributed by atoms with van der Waals surface area (Å²) in [5.74, 6) is -2.30. The van der Waals surface area contributed by atoms with Gasteiger partial charge in [0.2, 0.25) is 6.29 Å². The first-order chi connectivity index (χ1) is 19.4. The summed E-state index contributed by atoms with van der Waals surface area (Å²) in [6, 6.07) is 5.68. The average molecular weight is 580 g/mol. The maximum atomic E-state index is 13.2. The number of rotatable bonds is 6. The molecule has 8 atom stereocenters. The van der Waals surface area contributed by atoms with E-state index in [1.54, 1.807) is 0 Å². The first-order valence-electron chi connectivity index (χ1n) is 12.4. The second-order valence-electron chi connectivity index (χ2n) is 9.94. The molecular formula is C26H28O15. The lowest BCUT2D eigenvalue weighted by atomic mass is 9.89. The van der Waals surface area contributed by atoms with E-state index in [2.05, 4.69) is 0 Å². The molecule has 2 aliphatic rings. The van der Waals surface area contributed by atoms with Crippen LogP contribution in [0, 0.1) is 0 Å². The van der Waals surface area contributed by atoms with E-state index in [1.165, 1.54) is 6.07 Å².